The largest absolute Gasteiger partial charge is 0.404 e. The lowest BCUT2D eigenvalue weighted by Crippen LogP contribution is -2.42. The molecule has 2 unspecified atom stereocenters. The number of nitrogens with zero attached hydrogens (tertiary/aromatic N) is 1. The Morgan fingerprint density at radius 2 is 1.79 bits per heavy atom. The van der Waals surface area contributed by atoms with Gasteiger partial charge in [-0.3, -0.25) is 9.78 Å². The third-order valence-electron chi connectivity index (χ3n) is 7.72. The number of aromatic nitrogens is 1. The van der Waals surface area contributed by atoms with Gasteiger partial charge in [-0.1, -0.05) is 69.3 Å². The van der Waals surface area contributed by atoms with Crippen molar-refractivity contribution < 1.29 is 22.7 Å². The molecule has 1 heterocycles. The number of pyridine rings is 1. The normalized spacial score (nSPS) is 17.2. The number of allylic oxidation sites excluding steroid dienone is 2. The van der Waals surface area contributed by atoms with Crippen LogP contribution in [-0.4, -0.2) is 25.7 Å². The number of Topliss-reactive ketones (excluding diaryl/α,β-unsaturated/α-hetero) is 1. The zero-order valence-electron chi connectivity index (χ0n) is 23.3. The first-order chi connectivity index (χ1) is 18.4. The first kappa shape index (κ1) is 29.0. The summed E-state index contributed by atoms with van der Waals surface area (Å²) in [6.45, 7) is 11.5. The van der Waals surface area contributed by atoms with Crippen LogP contribution in [0.15, 0.2) is 72.9 Å². The van der Waals surface area contributed by atoms with E-state index in [4.69, 9.17) is 9.16 Å². The van der Waals surface area contributed by atoms with E-state index in [1.165, 1.54) is 12.1 Å². The lowest BCUT2D eigenvalue weighted by Gasteiger charge is -2.39. The van der Waals surface area contributed by atoms with Gasteiger partial charge in [0, 0.05) is 35.4 Å². The summed E-state index contributed by atoms with van der Waals surface area (Å²) in [5, 5.41) is -0.123. The Kier molecular flexibility index (Phi) is 8.94. The van der Waals surface area contributed by atoms with E-state index in [9.17, 15) is 13.6 Å². The number of ketones is 1. The second kappa shape index (κ2) is 12.0. The molecule has 4 rings (SSSR count). The van der Waals surface area contributed by atoms with Crippen molar-refractivity contribution in [2.75, 3.05) is 6.61 Å². The molecule has 206 valence electrons. The summed E-state index contributed by atoms with van der Waals surface area (Å²) < 4.78 is 41.0. The van der Waals surface area contributed by atoms with Crippen molar-refractivity contribution in [3.05, 3.63) is 107 Å². The minimum absolute atomic E-state index is 0.0581. The molecule has 1 aliphatic carbocycles. The predicted molar refractivity (Wildman–Crippen MR) is 153 cm³/mol. The molecule has 1 aromatic heterocycles. The molecule has 0 fully saturated rings. The molecule has 0 bridgehead atoms. The van der Waals surface area contributed by atoms with Crippen LogP contribution >= 0.6 is 0 Å². The van der Waals surface area contributed by atoms with Gasteiger partial charge in [0.25, 0.3) is 0 Å². The van der Waals surface area contributed by atoms with Crippen LogP contribution in [-0.2, 0) is 20.6 Å². The quantitative estimate of drug-likeness (QED) is 0.253. The molecule has 2 atom stereocenters. The van der Waals surface area contributed by atoms with E-state index in [2.05, 4.69) is 38.8 Å². The Balaban J connectivity index is 1.50. The average molecular weight is 550 g/mol. The van der Waals surface area contributed by atoms with Crippen LogP contribution in [0.5, 0.6) is 0 Å². The molecule has 1 aliphatic rings. The van der Waals surface area contributed by atoms with Gasteiger partial charge in [0.05, 0.1) is 18.9 Å². The van der Waals surface area contributed by atoms with Crippen LogP contribution in [0.1, 0.15) is 62.1 Å². The fraction of sp³-hybridized carbons (Fsp3) is 0.375. The molecule has 7 heteroatoms. The third kappa shape index (κ3) is 7.15. The molecule has 0 saturated heterocycles. The summed E-state index contributed by atoms with van der Waals surface area (Å²) in [5.74, 6) is -1.11. The summed E-state index contributed by atoms with van der Waals surface area (Å²) in [6, 6.07) is 17.1. The highest BCUT2D eigenvalue weighted by Crippen LogP contribution is 2.42. The van der Waals surface area contributed by atoms with Crippen LogP contribution in [0.2, 0.25) is 18.1 Å². The fourth-order valence-electron chi connectivity index (χ4n) is 4.37. The number of benzene rings is 2. The lowest BCUT2D eigenvalue weighted by atomic mass is 9.86. The molecular formula is C32H37F2NO3Si. The second-order valence-corrected chi connectivity index (χ2v) is 16.5. The van der Waals surface area contributed by atoms with Crippen molar-refractivity contribution in [1.82, 2.24) is 4.98 Å². The molecule has 4 nitrogen and oxygen atoms in total. The molecule has 3 aromatic rings. The Morgan fingerprint density at radius 1 is 1.05 bits per heavy atom. The van der Waals surface area contributed by atoms with Crippen LogP contribution in [0.25, 0.3) is 5.57 Å². The van der Waals surface area contributed by atoms with Gasteiger partial charge in [-0.05, 0) is 48.2 Å². The average Bonchev–Trinajstić information content (AvgIpc) is 2.88. The van der Waals surface area contributed by atoms with Gasteiger partial charge in [-0.2, -0.15) is 0 Å². The Labute approximate surface area is 231 Å². The van der Waals surface area contributed by atoms with Crippen LogP contribution < -0.4 is 0 Å². The first-order valence-electron chi connectivity index (χ1n) is 13.4. The maximum Gasteiger partial charge on any atom is 0.193 e. The fourth-order valence-corrected chi connectivity index (χ4v) is 5.56. The van der Waals surface area contributed by atoms with Gasteiger partial charge in [0.1, 0.15) is 17.7 Å². The smallest absolute Gasteiger partial charge is 0.193 e. The monoisotopic (exact) mass is 549 g/mol. The maximum absolute atomic E-state index is 14.9. The number of ether oxygens (including phenoxy) is 1. The van der Waals surface area contributed by atoms with Crippen molar-refractivity contribution in [3.8, 4) is 0 Å². The van der Waals surface area contributed by atoms with Gasteiger partial charge < -0.3 is 9.16 Å². The number of carbonyl (C=O) groups excluding carboxylic acids is 1. The van der Waals surface area contributed by atoms with E-state index in [-0.39, 0.29) is 22.3 Å². The summed E-state index contributed by atoms with van der Waals surface area (Å²) in [4.78, 5) is 17.6. The van der Waals surface area contributed by atoms with Crippen LogP contribution in [0.3, 0.4) is 0 Å². The molecule has 0 amide bonds. The third-order valence-corrected chi connectivity index (χ3v) is 12.2. The highest BCUT2D eigenvalue weighted by Gasteiger charge is 2.40. The van der Waals surface area contributed by atoms with E-state index in [1.807, 2.05) is 42.5 Å². The van der Waals surface area contributed by atoms with Crippen molar-refractivity contribution in [2.45, 2.75) is 64.5 Å². The molecule has 0 N–H and O–H groups in total. The number of rotatable bonds is 9. The minimum Gasteiger partial charge on any atom is -0.404 e. The molecule has 0 spiro atoms. The summed E-state index contributed by atoms with van der Waals surface area (Å²) >= 11 is 0. The van der Waals surface area contributed by atoms with Gasteiger partial charge in [0.2, 0.25) is 0 Å². The molecular weight excluding hydrogens is 512 g/mol. The molecule has 0 saturated carbocycles. The van der Waals surface area contributed by atoms with Crippen molar-refractivity contribution >= 4 is 19.7 Å². The van der Waals surface area contributed by atoms with Gasteiger partial charge in [0.15, 0.2) is 14.1 Å². The summed E-state index contributed by atoms with van der Waals surface area (Å²) in [5.41, 5.74) is 3.23. The molecule has 0 radical (unpaired) electrons. The standard InChI is InChI=1S/C32H37F2NO3Si/c1-32(2,3)39(4,5)38-31(27-15-13-25(33)18-28(27)34)29-16-12-24(19-35-29)26-14-11-23(17-30(26)36)21-37-20-22-9-7-6-8-10-22/h6-10,12-16,18-19,23,31H,11,17,20-21H2,1-5H3. The van der Waals surface area contributed by atoms with Crippen LogP contribution in [0, 0.1) is 17.6 Å². The van der Waals surface area contributed by atoms with E-state index in [0.717, 1.165) is 23.6 Å². The Hall–Kier alpha value is -3.00. The summed E-state index contributed by atoms with van der Waals surface area (Å²) in [7, 11) is -2.35. The zero-order valence-corrected chi connectivity index (χ0v) is 24.3. The SMILES string of the molecule is CC(C)(C)[Si](C)(C)OC(c1ccc(C2=CCC(COCc3ccccc3)CC2=O)cn1)c1ccc(F)cc1F. The van der Waals surface area contributed by atoms with Crippen molar-refractivity contribution in [2.24, 2.45) is 5.92 Å². The first-order valence-corrected chi connectivity index (χ1v) is 16.3. The van der Waals surface area contributed by atoms with E-state index >= 15 is 0 Å². The summed E-state index contributed by atoms with van der Waals surface area (Å²) in [6.07, 6.45) is 3.98. The number of hydrogen-bond acceptors (Lipinski definition) is 4. The molecule has 39 heavy (non-hydrogen) atoms. The van der Waals surface area contributed by atoms with Gasteiger partial charge in [-0.15, -0.1) is 0 Å². The van der Waals surface area contributed by atoms with Gasteiger partial charge >= 0.3 is 0 Å². The number of hydrogen-bond donors (Lipinski definition) is 0. The minimum atomic E-state index is -2.35. The van der Waals surface area contributed by atoms with Gasteiger partial charge in [-0.25, -0.2) is 8.78 Å². The maximum atomic E-state index is 14.9. The topological polar surface area (TPSA) is 48.4 Å². The molecule has 2 aromatic carbocycles. The molecule has 0 aliphatic heterocycles. The van der Waals surface area contributed by atoms with E-state index in [1.54, 1.807) is 12.3 Å². The Morgan fingerprint density at radius 3 is 2.41 bits per heavy atom. The van der Waals surface area contributed by atoms with Crippen LogP contribution in [0.4, 0.5) is 8.78 Å². The van der Waals surface area contributed by atoms with E-state index < -0.39 is 26.1 Å². The highest BCUT2D eigenvalue weighted by molar-refractivity contribution is 6.74. The number of halogens is 2. The zero-order chi connectivity index (χ0) is 28.2. The second-order valence-electron chi connectivity index (χ2n) is 11.7. The number of carbonyl (C=O) groups is 1. The van der Waals surface area contributed by atoms with Crippen molar-refractivity contribution in [3.63, 3.8) is 0 Å². The van der Waals surface area contributed by atoms with Crippen molar-refractivity contribution in [1.29, 1.82) is 0 Å². The van der Waals surface area contributed by atoms with E-state index in [0.29, 0.717) is 30.9 Å². The lowest BCUT2D eigenvalue weighted by molar-refractivity contribution is -0.115. The predicted octanol–water partition coefficient (Wildman–Crippen LogP) is 8.05. The highest BCUT2D eigenvalue weighted by atomic mass is 28.4. The Bertz CT molecular complexity index is 1320.